The maximum Gasteiger partial charge on any atom is 0.240 e. The van der Waals surface area contributed by atoms with Crippen molar-refractivity contribution < 1.29 is 8.78 Å². The minimum atomic E-state index is -2.31. The van der Waals surface area contributed by atoms with Crippen molar-refractivity contribution in [3.05, 3.63) is 60.2 Å². The van der Waals surface area contributed by atoms with E-state index in [4.69, 9.17) is 0 Å². The van der Waals surface area contributed by atoms with E-state index in [1.165, 1.54) is 5.39 Å². The molecular weight excluding hydrogens is 318 g/mol. The molecule has 0 aliphatic carbocycles. The first-order valence-corrected chi connectivity index (χ1v) is 8.87. The minimum absolute atomic E-state index is 0.123. The molecule has 4 heteroatoms. The summed E-state index contributed by atoms with van der Waals surface area (Å²) in [4.78, 5) is 2.21. The van der Waals surface area contributed by atoms with E-state index in [2.05, 4.69) is 40.5 Å². The van der Waals surface area contributed by atoms with E-state index in [1.807, 2.05) is 24.3 Å². The van der Waals surface area contributed by atoms with Gasteiger partial charge >= 0.3 is 0 Å². The molecule has 1 aliphatic heterocycles. The number of piperazine rings is 1. The molecule has 1 fully saturated rings. The molecule has 0 radical (unpaired) electrons. The Morgan fingerprint density at radius 2 is 1.52 bits per heavy atom. The van der Waals surface area contributed by atoms with Gasteiger partial charge in [-0.15, -0.1) is 0 Å². The minimum Gasteiger partial charge on any atom is -0.314 e. The standard InChI is InChI=1S/C21H22F2N2/c22-21(23)14-20(25-11-9-24-10-12-25)19-13-15-5-1-2-6-16(15)17-7-3-4-8-18(17)19/h1-8,13,20-21,24H,9-12,14H2/t20-/m1/s1. The summed E-state index contributed by atoms with van der Waals surface area (Å²) in [5, 5.41) is 7.84. The lowest BCUT2D eigenvalue weighted by Gasteiger charge is -2.36. The predicted octanol–water partition coefficient (Wildman–Crippen LogP) is 4.59. The molecule has 0 bridgehead atoms. The fraction of sp³-hybridized carbons (Fsp3) is 0.333. The molecule has 1 saturated heterocycles. The molecule has 3 aromatic rings. The molecule has 3 aromatic carbocycles. The summed E-state index contributed by atoms with van der Waals surface area (Å²) < 4.78 is 26.8. The lowest BCUT2D eigenvalue weighted by atomic mass is 9.91. The lowest BCUT2D eigenvalue weighted by Crippen LogP contribution is -2.45. The molecular formula is C21H22F2N2. The molecule has 1 heterocycles. The number of fused-ring (bicyclic) bond motifs is 3. The molecule has 2 nitrogen and oxygen atoms in total. The predicted molar refractivity (Wildman–Crippen MR) is 99.3 cm³/mol. The Morgan fingerprint density at radius 1 is 0.880 bits per heavy atom. The largest absolute Gasteiger partial charge is 0.314 e. The van der Waals surface area contributed by atoms with Crippen LogP contribution in [0.15, 0.2) is 54.6 Å². The summed E-state index contributed by atoms with van der Waals surface area (Å²) in [6, 6.07) is 18.3. The SMILES string of the molecule is FC(F)C[C@H](c1cc2ccccc2c2ccccc12)N1CCNCC1. The van der Waals surface area contributed by atoms with Crippen LogP contribution in [-0.4, -0.2) is 37.5 Å². The highest BCUT2D eigenvalue weighted by Crippen LogP contribution is 2.36. The van der Waals surface area contributed by atoms with Gasteiger partial charge < -0.3 is 5.32 Å². The number of nitrogens with one attached hydrogen (secondary N) is 1. The van der Waals surface area contributed by atoms with E-state index in [9.17, 15) is 8.78 Å². The fourth-order valence-electron chi connectivity index (χ4n) is 3.99. The van der Waals surface area contributed by atoms with Crippen molar-refractivity contribution in [3.63, 3.8) is 0 Å². The molecule has 0 spiro atoms. The molecule has 4 rings (SSSR count). The lowest BCUT2D eigenvalue weighted by molar-refractivity contribution is 0.0745. The van der Waals surface area contributed by atoms with Gasteiger partial charge in [-0.05, 0) is 33.2 Å². The second-order valence-electron chi connectivity index (χ2n) is 6.66. The highest BCUT2D eigenvalue weighted by atomic mass is 19.3. The Hall–Kier alpha value is -2.04. The molecule has 1 aliphatic rings. The molecule has 130 valence electrons. The van der Waals surface area contributed by atoms with Crippen LogP contribution >= 0.6 is 0 Å². The van der Waals surface area contributed by atoms with Crippen molar-refractivity contribution in [2.75, 3.05) is 26.2 Å². The molecule has 1 N–H and O–H groups in total. The fourth-order valence-corrected chi connectivity index (χ4v) is 3.99. The van der Waals surface area contributed by atoms with E-state index in [0.717, 1.165) is 47.9 Å². The van der Waals surface area contributed by atoms with Gasteiger partial charge in [-0.3, -0.25) is 4.90 Å². The van der Waals surface area contributed by atoms with Gasteiger partial charge in [-0.2, -0.15) is 0 Å². The average Bonchev–Trinajstić information content (AvgIpc) is 2.66. The Bertz CT molecular complexity index is 872. The van der Waals surface area contributed by atoms with Crippen LogP contribution in [-0.2, 0) is 0 Å². The van der Waals surface area contributed by atoms with Crippen molar-refractivity contribution in [2.24, 2.45) is 0 Å². The summed E-state index contributed by atoms with van der Waals surface area (Å²) in [5.74, 6) is 0. The van der Waals surface area contributed by atoms with Gasteiger partial charge in [0.2, 0.25) is 6.43 Å². The van der Waals surface area contributed by atoms with Crippen molar-refractivity contribution in [1.29, 1.82) is 0 Å². The van der Waals surface area contributed by atoms with E-state index < -0.39 is 6.43 Å². The summed E-state index contributed by atoms with van der Waals surface area (Å²) in [5.41, 5.74) is 1.02. The third-order valence-electron chi connectivity index (χ3n) is 5.15. The van der Waals surface area contributed by atoms with Crippen molar-refractivity contribution in [2.45, 2.75) is 18.9 Å². The monoisotopic (exact) mass is 340 g/mol. The average molecular weight is 340 g/mol. The second kappa shape index (κ2) is 7.06. The smallest absolute Gasteiger partial charge is 0.240 e. The maximum atomic E-state index is 13.4. The van der Waals surface area contributed by atoms with Crippen LogP contribution in [0.3, 0.4) is 0 Å². The van der Waals surface area contributed by atoms with Crippen molar-refractivity contribution in [1.82, 2.24) is 10.2 Å². The van der Waals surface area contributed by atoms with Crippen LogP contribution in [0.25, 0.3) is 21.5 Å². The number of alkyl halides is 2. The molecule has 1 atom stereocenters. The first-order valence-electron chi connectivity index (χ1n) is 8.87. The third kappa shape index (κ3) is 3.24. The van der Waals surface area contributed by atoms with Gasteiger partial charge in [0.05, 0.1) is 0 Å². The van der Waals surface area contributed by atoms with Gasteiger partial charge in [0.15, 0.2) is 0 Å². The number of benzene rings is 3. The summed E-state index contributed by atoms with van der Waals surface area (Å²) in [7, 11) is 0. The first kappa shape index (κ1) is 16.4. The Labute approximate surface area is 146 Å². The van der Waals surface area contributed by atoms with Crippen LogP contribution < -0.4 is 5.32 Å². The summed E-state index contributed by atoms with van der Waals surface area (Å²) >= 11 is 0. The number of hydrogen-bond donors (Lipinski definition) is 1. The zero-order valence-electron chi connectivity index (χ0n) is 14.1. The van der Waals surface area contributed by atoms with Crippen molar-refractivity contribution >= 4 is 21.5 Å². The molecule has 25 heavy (non-hydrogen) atoms. The van der Waals surface area contributed by atoms with E-state index >= 15 is 0 Å². The second-order valence-corrected chi connectivity index (χ2v) is 6.66. The van der Waals surface area contributed by atoms with Crippen molar-refractivity contribution in [3.8, 4) is 0 Å². The molecule has 0 amide bonds. The number of halogens is 2. The Balaban J connectivity index is 1.91. The summed E-state index contributed by atoms with van der Waals surface area (Å²) in [6.45, 7) is 3.31. The molecule has 0 saturated carbocycles. The van der Waals surface area contributed by atoms with Gasteiger partial charge in [-0.25, -0.2) is 8.78 Å². The third-order valence-corrected chi connectivity index (χ3v) is 5.15. The first-order chi connectivity index (χ1) is 12.2. The number of rotatable bonds is 4. The number of hydrogen-bond acceptors (Lipinski definition) is 2. The van der Waals surface area contributed by atoms with E-state index in [1.54, 1.807) is 0 Å². The zero-order chi connectivity index (χ0) is 17.2. The number of nitrogens with zero attached hydrogens (tertiary/aromatic N) is 1. The Kier molecular flexibility index (Phi) is 4.64. The topological polar surface area (TPSA) is 15.3 Å². The van der Waals surface area contributed by atoms with Gasteiger partial charge in [-0.1, -0.05) is 48.5 Å². The normalized spacial score (nSPS) is 17.4. The Morgan fingerprint density at radius 3 is 2.24 bits per heavy atom. The highest BCUT2D eigenvalue weighted by Gasteiger charge is 2.27. The molecule has 0 aromatic heterocycles. The molecule has 0 unspecified atom stereocenters. The van der Waals surface area contributed by atoms with E-state index in [-0.39, 0.29) is 12.5 Å². The van der Waals surface area contributed by atoms with E-state index in [0.29, 0.717) is 0 Å². The van der Waals surface area contributed by atoms with Crippen LogP contribution in [0.2, 0.25) is 0 Å². The quantitative estimate of drug-likeness (QED) is 0.699. The van der Waals surface area contributed by atoms with Crippen LogP contribution in [0.5, 0.6) is 0 Å². The van der Waals surface area contributed by atoms with Gasteiger partial charge in [0.1, 0.15) is 0 Å². The maximum absolute atomic E-state index is 13.4. The van der Waals surface area contributed by atoms with Crippen LogP contribution in [0.4, 0.5) is 8.78 Å². The zero-order valence-corrected chi connectivity index (χ0v) is 14.1. The van der Waals surface area contributed by atoms with Crippen LogP contribution in [0, 0.1) is 0 Å². The van der Waals surface area contributed by atoms with Gasteiger partial charge in [0, 0.05) is 38.6 Å². The van der Waals surface area contributed by atoms with Crippen LogP contribution in [0.1, 0.15) is 18.0 Å². The highest BCUT2D eigenvalue weighted by molar-refractivity contribution is 6.09. The van der Waals surface area contributed by atoms with Gasteiger partial charge in [0.25, 0.3) is 0 Å². The summed E-state index contributed by atoms with van der Waals surface area (Å²) in [6.07, 6.45) is -2.44.